The van der Waals surface area contributed by atoms with Crippen molar-refractivity contribution in [2.24, 2.45) is 5.92 Å². The van der Waals surface area contributed by atoms with E-state index in [-0.39, 0.29) is 80.6 Å². The van der Waals surface area contributed by atoms with Crippen molar-refractivity contribution in [3.8, 4) is 0 Å². The monoisotopic (exact) mass is 1350 g/mol. The van der Waals surface area contributed by atoms with Crippen LogP contribution in [0.25, 0.3) is 0 Å². The van der Waals surface area contributed by atoms with Gasteiger partial charge in [-0.3, -0.25) is 38.4 Å². The minimum atomic E-state index is -3.93. The molecule has 1 rings (SSSR count). The molecule has 1 aromatic rings. The summed E-state index contributed by atoms with van der Waals surface area (Å²) in [5, 5.41) is 14.1. The number of hydrogen-bond acceptors (Lipinski definition) is 17. The summed E-state index contributed by atoms with van der Waals surface area (Å²) in [6.07, 6.45) is -0.159. The number of esters is 2. The number of benzene rings is 1. The summed E-state index contributed by atoms with van der Waals surface area (Å²) in [5.74, 6) is -6.82. The number of sulfone groups is 1. The first-order chi connectivity index (χ1) is 41.8. The average molecular weight is 1350 g/mol. The molecule has 0 aliphatic rings. The molecule has 0 aliphatic heterocycles. The fourth-order valence-electron chi connectivity index (χ4n) is 8.86. The van der Waals surface area contributed by atoms with Gasteiger partial charge in [0.1, 0.15) is 29.3 Å². The van der Waals surface area contributed by atoms with Gasteiger partial charge in [-0.25, -0.2) is 8.42 Å². The van der Waals surface area contributed by atoms with Gasteiger partial charge in [-0.1, -0.05) is 26.0 Å². The molecule has 0 bridgehead atoms. The Morgan fingerprint density at radius 3 is 1.19 bits per heavy atom. The van der Waals surface area contributed by atoms with Crippen molar-refractivity contribution >= 4 is 68.9 Å². The lowest BCUT2D eigenvalue weighted by atomic mass is 9.98. The first kappa shape index (κ1) is 86.3. The first-order valence-corrected chi connectivity index (χ1v) is 35.5. The molecule has 23 heteroatoms. The third kappa shape index (κ3) is 38.6. The number of thioether (sulfide) groups is 1. The topological polar surface area (TPSA) is 286 Å². The van der Waals surface area contributed by atoms with E-state index in [0.717, 1.165) is 0 Å². The molecule has 0 spiro atoms. The number of ether oxygens (including phenoxy) is 6. The van der Waals surface area contributed by atoms with Crippen LogP contribution in [-0.4, -0.2) is 166 Å². The summed E-state index contributed by atoms with van der Waals surface area (Å²) >= 11 is 1.47. The maximum atomic E-state index is 14.8. The van der Waals surface area contributed by atoms with Gasteiger partial charge in [0, 0.05) is 84.3 Å². The lowest BCUT2D eigenvalue weighted by Crippen LogP contribution is -2.58. The zero-order chi connectivity index (χ0) is 72.2. The van der Waals surface area contributed by atoms with E-state index in [9.17, 15) is 46.8 Å². The van der Waals surface area contributed by atoms with E-state index in [2.05, 4.69) is 26.6 Å². The van der Waals surface area contributed by atoms with Gasteiger partial charge in [0.25, 0.3) is 5.91 Å². The Morgan fingerprint density at radius 1 is 0.430 bits per heavy atom. The highest BCUT2D eigenvalue weighted by molar-refractivity contribution is 8.00. The molecule has 4 atom stereocenters. The van der Waals surface area contributed by atoms with Gasteiger partial charge in [0.15, 0.2) is 15.6 Å². The summed E-state index contributed by atoms with van der Waals surface area (Å²) in [6, 6.07) is 1.13. The van der Waals surface area contributed by atoms with E-state index in [1.165, 1.54) is 36.0 Å². The molecule has 0 heterocycles. The minimum absolute atomic E-state index is 0.00763. The molecule has 21 nitrogen and oxygen atoms in total. The molecule has 0 aromatic heterocycles. The van der Waals surface area contributed by atoms with Crippen LogP contribution in [-0.2, 0) is 67.0 Å². The van der Waals surface area contributed by atoms with Crippen LogP contribution in [0, 0.1) is 5.92 Å². The van der Waals surface area contributed by atoms with E-state index >= 15 is 0 Å². The Kier molecular flexibility index (Phi) is 33.0. The van der Waals surface area contributed by atoms with Gasteiger partial charge in [-0.2, -0.15) is 11.8 Å². The summed E-state index contributed by atoms with van der Waals surface area (Å²) in [6.45, 7) is 49.0. The second-order valence-electron chi connectivity index (χ2n) is 32.8. The lowest BCUT2D eigenvalue weighted by molar-refractivity contribution is -0.156. The van der Waals surface area contributed by atoms with Crippen molar-refractivity contribution in [1.29, 1.82) is 0 Å². The molecular weight excluding hydrogens is 1230 g/mol. The van der Waals surface area contributed by atoms with Crippen LogP contribution in [0.2, 0.25) is 0 Å². The summed E-state index contributed by atoms with van der Waals surface area (Å²) in [4.78, 5) is 113. The quantitative estimate of drug-likeness (QED) is 0.0304. The van der Waals surface area contributed by atoms with E-state index in [1.54, 1.807) is 69.2 Å². The standard InChI is InChI=1S/C70H123N5O16S2/c1-61(2,3)86-41-37-67(19,20)74-53(76)34-31-52(60(83)75-68(21,22)38-42-87-62(4,5)6)73-59(82)51(33-36-55(78)91-66(16,17)18)72-58(81)50(32-35-54(77)90-65(13,14)15)71-57(80)48-29-27-47(28-30-48)56(79)49(45-92-69(23,24)39-43-88-63(7,8)9)46-93(84,85)70(25,26)40-44-89-64(10,11)12/h27-30,49-52H,31-46H2,1-26H3,(H,71,80)(H,72,81)(H,73,82)(H,74,76)(H,75,83)/t49?,50-,51-,52-/m0/s1. The molecular formula is C70H123N5O16S2. The second kappa shape index (κ2) is 35.5. The highest BCUT2D eigenvalue weighted by Crippen LogP contribution is 2.34. The third-order valence-electron chi connectivity index (χ3n) is 14.3. The maximum Gasteiger partial charge on any atom is 0.306 e. The lowest BCUT2D eigenvalue weighted by Gasteiger charge is -2.31. The van der Waals surface area contributed by atoms with Crippen molar-refractivity contribution in [2.75, 3.05) is 37.9 Å². The normalized spacial score (nSPS) is 14.6. The maximum absolute atomic E-state index is 14.8. The van der Waals surface area contributed by atoms with Crippen molar-refractivity contribution in [1.82, 2.24) is 26.6 Å². The van der Waals surface area contributed by atoms with Crippen LogP contribution in [0.4, 0.5) is 0 Å². The Labute approximate surface area is 563 Å². The molecule has 1 unspecified atom stereocenters. The highest BCUT2D eigenvalue weighted by Gasteiger charge is 2.40. The fraction of sp³-hybridized carbons (Fsp3) is 0.800. The summed E-state index contributed by atoms with van der Waals surface area (Å²) in [5.41, 5.74) is -4.97. The number of ketones is 1. The third-order valence-corrected chi connectivity index (χ3v) is 18.6. The van der Waals surface area contributed by atoms with Crippen LogP contribution in [0.15, 0.2) is 24.3 Å². The van der Waals surface area contributed by atoms with Crippen LogP contribution >= 0.6 is 11.8 Å². The molecule has 0 saturated heterocycles. The molecule has 5 N–H and O–H groups in total. The summed E-state index contributed by atoms with van der Waals surface area (Å²) < 4.78 is 61.9. The smallest absolute Gasteiger partial charge is 0.306 e. The Balaban J connectivity index is 3.88. The minimum Gasteiger partial charge on any atom is -0.460 e. The SMILES string of the molecule is CC(C)(CCOC(C)(C)C)NC(=O)CC[C@H](NC(=O)[C@H](CCC(=O)OC(C)(C)C)NC(=O)[C@H](CCC(=O)OC(C)(C)C)NC(=O)c1ccc(C(=O)C(CSC(C)(C)CCOC(C)(C)C)CS(=O)(=O)C(C)(C)CCOC(C)(C)C)cc1)C(=O)NC(C)(C)CCOC(C)(C)C. The van der Waals surface area contributed by atoms with Gasteiger partial charge >= 0.3 is 11.9 Å². The highest BCUT2D eigenvalue weighted by atomic mass is 32.2. The molecule has 536 valence electrons. The number of hydrogen-bond donors (Lipinski definition) is 5. The number of rotatable bonds is 38. The molecule has 0 fully saturated rings. The van der Waals surface area contributed by atoms with Gasteiger partial charge in [0.2, 0.25) is 23.6 Å². The van der Waals surface area contributed by atoms with Gasteiger partial charge in [-0.15, -0.1) is 0 Å². The average Bonchev–Trinajstić information content (AvgIpc) is 0.808. The molecule has 0 saturated carbocycles. The molecule has 1 aromatic carbocycles. The number of nitrogens with one attached hydrogen (secondary N) is 5. The van der Waals surface area contributed by atoms with Crippen molar-refractivity contribution in [3.63, 3.8) is 0 Å². The first-order valence-electron chi connectivity index (χ1n) is 32.8. The number of carbonyl (C=O) groups is 8. The van der Waals surface area contributed by atoms with E-state index < -0.39 is 135 Å². The largest absolute Gasteiger partial charge is 0.460 e. The van der Waals surface area contributed by atoms with Crippen LogP contribution < -0.4 is 26.6 Å². The second-order valence-corrected chi connectivity index (χ2v) is 37.2. The zero-order valence-corrected chi connectivity index (χ0v) is 63.4. The molecule has 0 radical (unpaired) electrons. The van der Waals surface area contributed by atoms with Crippen molar-refractivity contribution in [3.05, 3.63) is 35.4 Å². The molecule has 93 heavy (non-hydrogen) atoms. The predicted octanol–water partition coefficient (Wildman–Crippen LogP) is 10.9. The number of Topliss-reactive ketones (excluding diaryl/α,β-unsaturated/α-hetero) is 1. The Hall–Kier alpha value is -4.68. The Morgan fingerprint density at radius 2 is 0.785 bits per heavy atom. The van der Waals surface area contributed by atoms with Crippen LogP contribution in [0.3, 0.4) is 0 Å². The van der Waals surface area contributed by atoms with Crippen LogP contribution in [0.1, 0.15) is 265 Å². The molecule has 0 aliphatic carbocycles. The zero-order valence-electron chi connectivity index (χ0n) is 61.8. The van der Waals surface area contributed by atoms with Crippen LogP contribution in [0.5, 0.6) is 0 Å². The van der Waals surface area contributed by atoms with E-state index in [0.29, 0.717) is 32.5 Å². The predicted molar refractivity (Wildman–Crippen MR) is 369 cm³/mol. The number of amides is 5. The van der Waals surface area contributed by atoms with Gasteiger partial charge in [0.05, 0.1) is 32.9 Å². The fourth-order valence-corrected chi connectivity index (χ4v) is 11.8. The van der Waals surface area contributed by atoms with E-state index in [1.807, 2.05) is 111 Å². The summed E-state index contributed by atoms with van der Waals surface area (Å²) in [7, 11) is -3.93. The van der Waals surface area contributed by atoms with Crippen molar-refractivity contribution in [2.45, 2.75) is 317 Å². The Bertz CT molecular complexity index is 2720. The van der Waals surface area contributed by atoms with Crippen molar-refractivity contribution < 1.29 is 75.2 Å². The number of carbonyl (C=O) groups excluding carboxylic acids is 8. The van der Waals surface area contributed by atoms with Gasteiger partial charge in [-0.05, 0) is 223 Å². The van der Waals surface area contributed by atoms with E-state index in [4.69, 9.17) is 28.4 Å². The molecule has 5 amide bonds. The van der Waals surface area contributed by atoms with Gasteiger partial charge < -0.3 is 55.0 Å².